The molecule has 0 spiro atoms. The fourth-order valence-electron chi connectivity index (χ4n) is 2.98. The Morgan fingerprint density at radius 2 is 1.83 bits per heavy atom. The molecule has 130 valence electrons. The monoisotopic (exact) mass is 349 g/mol. The van der Waals surface area contributed by atoms with Gasteiger partial charge in [-0.05, 0) is 24.1 Å². The number of halogens is 1. The summed E-state index contributed by atoms with van der Waals surface area (Å²) in [6.45, 7) is 7.46. The van der Waals surface area contributed by atoms with Crippen molar-refractivity contribution in [2.75, 3.05) is 32.7 Å². The zero-order chi connectivity index (χ0) is 16.9. The fourth-order valence-corrected chi connectivity index (χ4v) is 3.71. The van der Waals surface area contributed by atoms with Gasteiger partial charge in [-0.1, -0.05) is 19.1 Å². The first-order chi connectivity index (χ1) is 11.6. The standard InChI is InChI=1S/C18H24FN3OS/c1-2-18-20-16(13-24-18)11-21-7-9-22(10-8-21)12-17(23)14-3-5-15(19)6-4-14/h3-6,13,17,23H,2,7-12H2,1H3. The van der Waals surface area contributed by atoms with Gasteiger partial charge in [-0.15, -0.1) is 11.3 Å². The molecule has 1 atom stereocenters. The number of aryl methyl sites for hydroxylation is 1. The van der Waals surface area contributed by atoms with Gasteiger partial charge in [0.25, 0.3) is 0 Å². The highest BCUT2D eigenvalue weighted by Crippen LogP contribution is 2.17. The van der Waals surface area contributed by atoms with E-state index in [0.717, 1.165) is 50.4 Å². The van der Waals surface area contributed by atoms with Crippen molar-refractivity contribution in [2.24, 2.45) is 0 Å². The molecule has 1 aromatic carbocycles. The van der Waals surface area contributed by atoms with E-state index in [1.807, 2.05) is 0 Å². The molecule has 6 heteroatoms. The molecule has 1 aliphatic rings. The van der Waals surface area contributed by atoms with Gasteiger partial charge in [0.15, 0.2) is 0 Å². The Morgan fingerprint density at radius 3 is 2.46 bits per heavy atom. The topological polar surface area (TPSA) is 39.6 Å². The number of aliphatic hydroxyl groups is 1. The van der Waals surface area contributed by atoms with Crippen LogP contribution < -0.4 is 0 Å². The van der Waals surface area contributed by atoms with Crippen LogP contribution in [0.1, 0.15) is 29.3 Å². The number of hydrogen-bond acceptors (Lipinski definition) is 5. The number of hydrogen-bond donors (Lipinski definition) is 1. The Bertz CT molecular complexity index is 638. The van der Waals surface area contributed by atoms with Gasteiger partial charge >= 0.3 is 0 Å². The fraction of sp³-hybridized carbons (Fsp3) is 0.500. The maximum Gasteiger partial charge on any atom is 0.123 e. The van der Waals surface area contributed by atoms with Crippen LogP contribution in [0.4, 0.5) is 4.39 Å². The average molecular weight is 349 g/mol. The summed E-state index contributed by atoms with van der Waals surface area (Å²) in [6, 6.07) is 6.11. The third-order valence-electron chi connectivity index (χ3n) is 4.44. The lowest BCUT2D eigenvalue weighted by Crippen LogP contribution is -2.47. The number of β-amino-alcohol motifs (C(OH)–C–C–N with tert-alkyl or cyclic N) is 1. The van der Waals surface area contributed by atoms with E-state index in [2.05, 4.69) is 27.1 Å². The third kappa shape index (κ3) is 4.60. The predicted molar refractivity (Wildman–Crippen MR) is 94.6 cm³/mol. The largest absolute Gasteiger partial charge is 0.387 e. The number of aliphatic hydroxyl groups excluding tert-OH is 1. The van der Waals surface area contributed by atoms with Crippen LogP contribution in [-0.4, -0.2) is 52.6 Å². The summed E-state index contributed by atoms with van der Waals surface area (Å²) in [4.78, 5) is 9.31. The second-order valence-electron chi connectivity index (χ2n) is 6.23. The lowest BCUT2D eigenvalue weighted by Gasteiger charge is -2.35. The van der Waals surface area contributed by atoms with Crippen molar-refractivity contribution in [3.05, 3.63) is 51.7 Å². The van der Waals surface area contributed by atoms with Crippen LogP contribution in [0.2, 0.25) is 0 Å². The lowest BCUT2D eigenvalue weighted by atomic mass is 10.1. The Kier molecular flexibility index (Phi) is 5.94. The molecule has 4 nitrogen and oxygen atoms in total. The summed E-state index contributed by atoms with van der Waals surface area (Å²) < 4.78 is 13.0. The van der Waals surface area contributed by atoms with Crippen LogP contribution in [0, 0.1) is 5.82 Å². The van der Waals surface area contributed by atoms with Gasteiger partial charge < -0.3 is 5.11 Å². The second-order valence-corrected chi connectivity index (χ2v) is 7.17. The van der Waals surface area contributed by atoms with Crippen molar-refractivity contribution < 1.29 is 9.50 Å². The molecule has 0 bridgehead atoms. The van der Waals surface area contributed by atoms with E-state index in [1.54, 1.807) is 23.5 Å². The van der Waals surface area contributed by atoms with Crippen molar-refractivity contribution >= 4 is 11.3 Å². The highest BCUT2D eigenvalue weighted by molar-refractivity contribution is 7.09. The molecule has 1 N–H and O–H groups in total. The zero-order valence-corrected chi connectivity index (χ0v) is 14.8. The van der Waals surface area contributed by atoms with Crippen LogP contribution in [0.3, 0.4) is 0 Å². The molecule has 0 aliphatic carbocycles. The molecule has 2 aromatic rings. The Morgan fingerprint density at radius 1 is 1.17 bits per heavy atom. The molecule has 1 fully saturated rings. The van der Waals surface area contributed by atoms with Crippen LogP contribution in [0.5, 0.6) is 0 Å². The minimum Gasteiger partial charge on any atom is -0.387 e. The third-order valence-corrected chi connectivity index (χ3v) is 5.48. The van der Waals surface area contributed by atoms with E-state index in [-0.39, 0.29) is 5.82 Å². The summed E-state index contributed by atoms with van der Waals surface area (Å²) in [5, 5.41) is 13.7. The summed E-state index contributed by atoms with van der Waals surface area (Å²) in [6.07, 6.45) is 0.433. The molecule has 0 saturated carbocycles. The second kappa shape index (κ2) is 8.16. The van der Waals surface area contributed by atoms with E-state index in [0.29, 0.717) is 6.54 Å². The van der Waals surface area contributed by atoms with Gasteiger partial charge in [-0.2, -0.15) is 0 Å². The zero-order valence-electron chi connectivity index (χ0n) is 14.0. The number of benzene rings is 1. The molecule has 0 radical (unpaired) electrons. The van der Waals surface area contributed by atoms with Gasteiger partial charge in [0, 0.05) is 44.6 Å². The van der Waals surface area contributed by atoms with Gasteiger partial charge in [0.1, 0.15) is 5.82 Å². The van der Waals surface area contributed by atoms with Gasteiger partial charge in [-0.25, -0.2) is 9.37 Å². The van der Waals surface area contributed by atoms with Gasteiger partial charge in [0.2, 0.25) is 0 Å². The van der Waals surface area contributed by atoms with Crippen LogP contribution in [0.15, 0.2) is 29.6 Å². The van der Waals surface area contributed by atoms with E-state index >= 15 is 0 Å². The summed E-state index contributed by atoms with van der Waals surface area (Å²) >= 11 is 1.74. The SMILES string of the molecule is CCc1nc(CN2CCN(CC(O)c3ccc(F)cc3)CC2)cs1. The molecule has 0 amide bonds. The molecule has 24 heavy (non-hydrogen) atoms. The molecular weight excluding hydrogens is 325 g/mol. The van der Waals surface area contributed by atoms with Crippen molar-refractivity contribution in [1.29, 1.82) is 0 Å². The maximum atomic E-state index is 13.0. The summed E-state index contributed by atoms with van der Waals surface area (Å²) in [7, 11) is 0. The molecule has 2 heterocycles. The van der Waals surface area contributed by atoms with E-state index in [1.165, 1.54) is 17.1 Å². The highest BCUT2D eigenvalue weighted by Gasteiger charge is 2.20. The molecule has 1 aliphatic heterocycles. The average Bonchev–Trinajstić information content (AvgIpc) is 3.05. The van der Waals surface area contributed by atoms with E-state index < -0.39 is 6.10 Å². The molecule has 1 unspecified atom stereocenters. The first kappa shape index (κ1) is 17.5. The first-order valence-electron chi connectivity index (χ1n) is 8.45. The van der Waals surface area contributed by atoms with Gasteiger partial charge in [-0.3, -0.25) is 9.80 Å². The highest BCUT2D eigenvalue weighted by atomic mass is 32.1. The lowest BCUT2D eigenvalue weighted by molar-refractivity contribution is 0.0697. The summed E-state index contributed by atoms with van der Waals surface area (Å²) in [5.74, 6) is -0.271. The number of rotatable bonds is 6. The van der Waals surface area contributed by atoms with Gasteiger partial charge in [0.05, 0.1) is 16.8 Å². The Balaban J connectivity index is 1.45. The molecule has 1 saturated heterocycles. The molecular formula is C18H24FN3OS. The number of aromatic nitrogens is 1. The number of piperazine rings is 1. The number of nitrogens with zero attached hydrogens (tertiary/aromatic N) is 3. The van der Waals surface area contributed by atoms with Crippen molar-refractivity contribution in [3.63, 3.8) is 0 Å². The Labute approximate surface area is 146 Å². The first-order valence-corrected chi connectivity index (χ1v) is 9.33. The van der Waals surface area contributed by atoms with Crippen LogP contribution >= 0.6 is 11.3 Å². The smallest absolute Gasteiger partial charge is 0.123 e. The molecule has 1 aromatic heterocycles. The van der Waals surface area contributed by atoms with Crippen molar-refractivity contribution in [2.45, 2.75) is 26.0 Å². The number of thiazole rings is 1. The Hall–Kier alpha value is -1.34. The predicted octanol–water partition coefficient (Wildman–Crippen LogP) is 2.70. The quantitative estimate of drug-likeness (QED) is 0.870. The van der Waals surface area contributed by atoms with E-state index in [4.69, 9.17) is 0 Å². The summed E-state index contributed by atoms with van der Waals surface area (Å²) in [5.41, 5.74) is 1.94. The van der Waals surface area contributed by atoms with Crippen molar-refractivity contribution in [3.8, 4) is 0 Å². The minimum atomic E-state index is -0.567. The molecule has 3 rings (SSSR count). The van der Waals surface area contributed by atoms with Crippen LogP contribution in [-0.2, 0) is 13.0 Å². The normalized spacial score (nSPS) is 18.0. The van der Waals surface area contributed by atoms with Crippen LogP contribution in [0.25, 0.3) is 0 Å². The van der Waals surface area contributed by atoms with E-state index in [9.17, 15) is 9.50 Å². The van der Waals surface area contributed by atoms with Crippen molar-refractivity contribution in [1.82, 2.24) is 14.8 Å². The maximum absolute atomic E-state index is 13.0. The minimum absolute atomic E-state index is 0.271.